The van der Waals surface area contributed by atoms with Gasteiger partial charge in [-0.3, -0.25) is 0 Å². The molecular formula is C14H15ClN4. The molecule has 1 unspecified atom stereocenters. The van der Waals surface area contributed by atoms with Gasteiger partial charge in [0.05, 0.1) is 6.33 Å². The van der Waals surface area contributed by atoms with Gasteiger partial charge in [-0.2, -0.15) is 0 Å². The molecule has 0 saturated heterocycles. The van der Waals surface area contributed by atoms with Gasteiger partial charge in [-0.15, -0.1) is 0 Å². The Morgan fingerprint density at radius 3 is 3.00 bits per heavy atom. The maximum Gasteiger partial charge on any atom is 0.164 e. The third kappa shape index (κ3) is 2.40. The fourth-order valence-corrected chi connectivity index (χ4v) is 2.53. The van der Waals surface area contributed by atoms with Crippen LogP contribution in [0.1, 0.15) is 19.8 Å². The van der Waals surface area contributed by atoms with Gasteiger partial charge in [0.15, 0.2) is 10.8 Å². The quantitative estimate of drug-likeness (QED) is 0.806. The van der Waals surface area contributed by atoms with E-state index in [9.17, 15) is 0 Å². The maximum atomic E-state index is 6.00. The molecule has 0 amide bonds. The van der Waals surface area contributed by atoms with Crippen LogP contribution in [-0.2, 0) is 6.54 Å². The molecule has 1 atom stereocenters. The summed E-state index contributed by atoms with van der Waals surface area (Å²) in [5.74, 6) is 0. The number of aromatic nitrogens is 4. The summed E-state index contributed by atoms with van der Waals surface area (Å²) in [6, 6.07) is 0. The van der Waals surface area contributed by atoms with Crippen LogP contribution in [0.25, 0.3) is 11.2 Å². The molecule has 0 radical (unpaired) electrons. The van der Waals surface area contributed by atoms with Crippen molar-refractivity contribution in [3.05, 3.63) is 42.1 Å². The summed E-state index contributed by atoms with van der Waals surface area (Å²) in [5, 5.41) is 0.412. The molecule has 2 aromatic rings. The Morgan fingerprint density at radius 2 is 2.21 bits per heavy atom. The third-order valence-corrected chi connectivity index (χ3v) is 3.89. The SMILES string of the molecule is CC1(CCn2cnc3c(Cl)ncnc32)C=CC=CC1. The molecule has 1 aliphatic carbocycles. The zero-order valence-corrected chi connectivity index (χ0v) is 11.5. The van der Waals surface area contributed by atoms with Crippen molar-refractivity contribution in [2.75, 3.05) is 0 Å². The monoisotopic (exact) mass is 274 g/mol. The Hall–Kier alpha value is -1.68. The van der Waals surface area contributed by atoms with Gasteiger partial charge < -0.3 is 4.57 Å². The molecule has 1 aliphatic rings. The molecule has 2 aromatic heterocycles. The summed E-state index contributed by atoms with van der Waals surface area (Å²) in [6.45, 7) is 3.15. The van der Waals surface area contributed by atoms with Gasteiger partial charge in [-0.05, 0) is 18.3 Å². The van der Waals surface area contributed by atoms with Crippen LogP contribution in [0.5, 0.6) is 0 Å². The van der Waals surface area contributed by atoms with Gasteiger partial charge in [-0.25, -0.2) is 15.0 Å². The van der Waals surface area contributed by atoms with Crippen LogP contribution in [0, 0.1) is 5.41 Å². The van der Waals surface area contributed by atoms with Crippen LogP contribution < -0.4 is 0 Å². The van der Waals surface area contributed by atoms with Crippen molar-refractivity contribution in [1.29, 1.82) is 0 Å². The maximum absolute atomic E-state index is 6.00. The smallest absolute Gasteiger partial charge is 0.164 e. The molecule has 2 heterocycles. The largest absolute Gasteiger partial charge is 0.315 e. The minimum Gasteiger partial charge on any atom is -0.315 e. The van der Waals surface area contributed by atoms with Crippen LogP contribution in [0.15, 0.2) is 37.0 Å². The highest BCUT2D eigenvalue weighted by atomic mass is 35.5. The number of halogens is 1. The van der Waals surface area contributed by atoms with E-state index >= 15 is 0 Å². The molecule has 4 nitrogen and oxygen atoms in total. The first-order chi connectivity index (χ1) is 9.18. The number of aryl methyl sites for hydroxylation is 1. The number of fused-ring (bicyclic) bond motifs is 1. The zero-order chi connectivity index (χ0) is 13.3. The summed E-state index contributed by atoms with van der Waals surface area (Å²) in [4.78, 5) is 12.5. The van der Waals surface area contributed by atoms with Crippen molar-refractivity contribution in [2.45, 2.75) is 26.3 Å². The first-order valence-corrected chi connectivity index (χ1v) is 6.71. The highest BCUT2D eigenvalue weighted by molar-refractivity contribution is 6.33. The van der Waals surface area contributed by atoms with E-state index in [1.165, 1.54) is 6.33 Å². The molecule has 0 aromatic carbocycles. The Bertz CT molecular complexity index is 659. The molecule has 0 aliphatic heterocycles. The van der Waals surface area contributed by atoms with E-state index in [1.54, 1.807) is 6.33 Å². The fourth-order valence-electron chi connectivity index (χ4n) is 2.35. The first-order valence-electron chi connectivity index (χ1n) is 6.34. The Balaban J connectivity index is 1.81. The lowest BCUT2D eigenvalue weighted by Crippen LogP contribution is -2.16. The molecule has 0 N–H and O–H groups in total. The number of imidazole rings is 1. The molecule has 19 heavy (non-hydrogen) atoms. The Morgan fingerprint density at radius 1 is 1.32 bits per heavy atom. The van der Waals surface area contributed by atoms with E-state index in [0.29, 0.717) is 10.7 Å². The highest BCUT2D eigenvalue weighted by Crippen LogP contribution is 2.32. The summed E-state index contributed by atoms with van der Waals surface area (Å²) in [7, 11) is 0. The molecule has 3 rings (SSSR count). The minimum absolute atomic E-state index is 0.210. The van der Waals surface area contributed by atoms with Gasteiger partial charge in [0, 0.05) is 6.54 Å². The van der Waals surface area contributed by atoms with Crippen LogP contribution in [0.4, 0.5) is 0 Å². The molecule has 0 bridgehead atoms. The number of hydrogen-bond donors (Lipinski definition) is 0. The second kappa shape index (κ2) is 4.78. The summed E-state index contributed by atoms with van der Waals surface area (Å²) < 4.78 is 2.04. The average molecular weight is 275 g/mol. The van der Waals surface area contributed by atoms with E-state index in [4.69, 9.17) is 11.6 Å². The number of rotatable bonds is 3. The van der Waals surface area contributed by atoms with Crippen LogP contribution in [0.3, 0.4) is 0 Å². The van der Waals surface area contributed by atoms with Crippen LogP contribution in [-0.4, -0.2) is 19.5 Å². The van der Waals surface area contributed by atoms with Crippen molar-refractivity contribution in [3.8, 4) is 0 Å². The van der Waals surface area contributed by atoms with Crippen molar-refractivity contribution < 1.29 is 0 Å². The second-order valence-electron chi connectivity index (χ2n) is 5.17. The lowest BCUT2D eigenvalue weighted by molar-refractivity contribution is 0.366. The third-order valence-electron chi connectivity index (χ3n) is 3.61. The first kappa shape index (κ1) is 12.4. The van der Waals surface area contributed by atoms with Gasteiger partial charge in [-0.1, -0.05) is 42.8 Å². The summed E-state index contributed by atoms with van der Waals surface area (Å²) in [5.41, 5.74) is 1.69. The lowest BCUT2D eigenvalue weighted by atomic mass is 9.81. The second-order valence-corrected chi connectivity index (χ2v) is 5.53. The predicted octanol–water partition coefficient (Wildman–Crippen LogP) is 3.39. The molecule has 0 fully saturated rings. The molecular weight excluding hydrogens is 260 g/mol. The van der Waals surface area contributed by atoms with Crippen molar-refractivity contribution in [2.24, 2.45) is 5.41 Å². The van der Waals surface area contributed by atoms with Crippen LogP contribution >= 0.6 is 11.6 Å². The van der Waals surface area contributed by atoms with Crippen molar-refractivity contribution in [1.82, 2.24) is 19.5 Å². The summed E-state index contributed by atoms with van der Waals surface area (Å²) in [6.07, 6.45) is 14.1. The van der Waals surface area contributed by atoms with Gasteiger partial charge in [0.25, 0.3) is 0 Å². The molecule has 0 saturated carbocycles. The van der Waals surface area contributed by atoms with E-state index in [0.717, 1.165) is 25.0 Å². The average Bonchev–Trinajstić information content (AvgIpc) is 2.82. The fraction of sp³-hybridized carbons (Fsp3) is 0.357. The van der Waals surface area contributed by atoms with Gasteiger partial charge in [0.2, 0.25) is 0 Å². The number of hydrogen-bond acceptors (Lipinski definition) is 3. The Labute approximate surface area is 116 Å². The summed E-state index contributed by atoms with van der Waals surface area (Å²) >= 11 is 6.00. The van der Waals surface area contributed by atoms with E-state index in [-0.39, 0.29) is 5.41 Å². The van der Waals surface area contributed by atoms with Gasteiger partial charge in [0.1, 0.15) is 11.8 Å². The molecule has 98 valence electrons. The molecule has 5 heteroatoms. The van der Waals surface area contributed by atoms with Gasteiger partial charge >= 0.3 is 0 Å². The molecule has 0 spiro atoms. The van der Waals surface area contributed by atoms with Crippen molar-refractivity contribution >= 4 is 22.8 Å². The number of allylic oxidation sites excluding steroid dienone is 4. The Kier molecular flexibility index (Phi) is 3.11. The van der Waals surface area contributed by atoms with Crippen LogP contribution in [0.2, 0.25) is 5.15 Å². The minimum atomic E-state index is 0.210. The highest BCUT2D eigenvalue weighted by Gasteiger charge is 2.21. The topological polar surface area (TPSA) is 43.6 Å². The normalized spacial score (nSPS) is 22.2. The number of nitrogens with zero attached hydrogens (tertiary/aromatic N) is 4. The van der Waals surface area contributed by atoms with E-state index in [1.807, 2.05) is 4.57 Å². The van der Waals surface area contributed by atoms with E-state index in [2.05, 4.69) is 46.2 Å². The zero-order valence-electron chi connectivity index (χ0n) is 10.8. The predicted molar refractivity (Wildman–Crippen MR) is 76.0 cm³/mol. The standard InChI is InChI=1S/C14H15ClN4/c1-14(5-3-2-4-6-14)7-8-19-10-18-11-12(15)16-9-17-13(11)19/h2-5,9-10H,6-8H2,1H3. The van der Waals surface area contributed by atoms with Crippen molar-refractivity contribution in [3.63, 3.8) is 0 Å². The van der Waals surface area contributed by atoms with E-state index < -0.39 is 0 Å². The lowest BCUT2D eigenvalue weighted by Gasteiger charge is -2.26.